The van der Waals surface area contributed by atoms with Crippen LogP contribution in [0.25, 0.3) is 0 Å². The molecule has 0 unspecified atom stereocenters. The lowest BCUT2D eigenvalue weighted by Gasteiger charge is -2.34. The Kier molecular flexibility index (Phi) is 6.51. The van der Waals surface area contributed by atoms with Crippen molar-refractivity contribution in [3.05, 3.63) is 60.2 Å². The van der Waals surface area contributed by atoms with Crippen LogP contribution < -0.4 is 5.32 Å². The van der Waals surface area contributed by atoms with Crippen LogP contribution in [0.2, 0.25) is 0 Å². The van der Waals surface area contributed by atoms with E-state index in [-0.39, 0.29) is 11.9 Å². The van der Waals surface area contributed by atoms with Crippen molar-refractivity contribution >= 4 is 5.91 Å². The van der Waals surface area contributed by atoms with Crippen LogP contribution in [0.1, 0.15) is 42.9 Å². The van der Waals surface area contributed by atoms with E-state index in [9.17, 15) is 4.79 Å². The number of aryl methyl sites for hydroxylation is 1. The van der Waals surface area contributed by atoms with Gasteiger partial charge in [-0.2, -0.15) is 0 Å². The van der Waals surface area contributed by atoms with Crippen molar-refractivity contribution in [2.75, 3.05) is 19.6 Å². The number of hydrogen-bond acceptors (Lipinski definition) is 4. The second-order valence-corrected chi connectivity index (χ2v) is 6.56. The molecule has 0 aromatic carbocycles. The quantitative estimate of drug-likeness (QED) is 0.843. The predicted octanol–water partition coefficient (Wildman–Crippen LogP) is 2.75. The minimum Gasteiger partial charge on any atom is -0.354 e. The molecule has 1 amide bonds. The van der Waals surface area contributed by atoms with Crippen LogP contribution in [-0.4, -0.2) is 40.4 Å². The number of nitrogens with one attached hydrogen (secondary N) is 1. The fraction of sp³-hybridized carbons (Fsp3) is 0.450. The molecule has 25 heavy (non-hydrogen) atoms. The summed E-state index contributed by atoms with van der Waals surface area (Å²) in [5, 5.41) is 3.12. The minimum absolute atomic E-state index is 0.0997. The maximum Gasteiger partial charge on any atom is 0.220 e. The number of carbonyl (C=O) groups is 1. The minimum atomic E-state index is 0.0997. The third-order valence-electron chi connectivity index (χ3n) is 4.78. The molecule has 0 spiro atoms. The zero-order chi connectivity index (χ0) is 17.3. The molecule has 0 saturated carbocycles. The summed E-state index contributed by atoms with van der Waals surface area (Å²) in [6.07, 6.45) is 12.3. The molecule has 5 heteroatoms. The van der Waals surface area contributed by atoms with E-state index in [1.54, 1.807) is 18.6 Å². The Morgan fingerprint density at radius 3 is 2.60 bits per heavy atom. The third-order valence-corrected chi connectivity index (χ3v) is 4.78. The predicted molar refractivity (Wildman–Crippen MR) is 98.0 cm³/mol. The molecule has 1 fully saturated rings. The van der Waals surface area contributed by atoms with E-state index in [1.165, 1.54) is 24.8 Å². The van der Waals surface area contributed by atoms with Crippen LogP contribution in [-0.2, 0) is 11.2 Å². The summed E-state index contributed by atoms with van der Waals surface area (Å²) in [6.45, 7) is 2.82. The van der Waals surface area contributed by atoms with Gasteiger partial charge in [-0.15, -0.1) is 0 Å². The summed E-state index contributed by atoms with van der Waals surface area (Å²) < 4.78 is 0. The maximum absolute atomic E-state index is 12.3. The highest BCUT2D eigenvalue weighted by Crippen LogP contribution is 2.23. The maximum atomic E-state index is 12.3. The Bertz CT molecular complexity index is 641. The number of rotatable bonds is 7. The summed E-state index contributed by atoms with van der Waals surface area (Å²) in [6, 6.07) is 8.20. The van der Waals surface area contributed by atoms with Crippen molar-refractivity contribution < 1.29 is 4.79 Å². The van der Waals surface area contributed by atoms with E-state index < -0.39 is 0 Å². The van der Waals surface area contributed by atoms with E-state index in [1.807, 2.05) is 24.4 Å². The number of nitrogens with zero attached hydrogens (tertiary/aromatic N) is 3. The van der Waals surface area contributed by atoms with Crippen LogP contribution >= 0.6 is 0 Å². The number of carbonyl (C=O) groups excluding carboxylic acids is 1. The number of likely N-dealkylation sites (tertiary alicyclic amines) is 1. The van der Waals surface area contributed by atoms with Crippen molar-refractivity contribution in [3.8, 4) is 0 Å². The van der Waals surface area contributed by atoms with Crippen molar-refractivity contribution in [2.24, 2.45) is 0 Å². The molecular formula is C20H26N4O. The second-order valence-electron chi connectivity index (χ2n) is 6.56. The first-order valence-electron chi connectivity index (χ1n) is 9.12. The Morgan fingerprint density at radius 1 is 1.08 bits per heavy atom. The van der Waals surface area contributed by atoms with Crippen LogP contribution in [0, 0.1) is 0 Å². The van der Waals surface area contributed by atoms with Crippen molar-refractivity contribution in [1.29, 1.82) is 0 Å². The molecule has 3 rings (SSSR count). The lowest BCUT2D eigenvalue weighted by Crippen LogP contribution is -2.40. The van der Waals surface area contributed by atoms with E-state index in [2.05, 4.69) is 26.3 Å². The number of hydrogen-bond donors (Lipinski definition) is 1. The lowest BCUT2D eigenvalue weighted by atomic mass is 10.0. The summed E-state index contributed by atoms with van der Waals surface area (Å²) >= 11 is 0. The molecular weight excluding hydrogens is 312 g/mol. The molecule has 1 aliphatic heterocycles. The Balaban J connectivity index is 1.55. The van der Waals surface area contributed by atoms with Gasteiger partial charge in [0.25, 0.3) is 0 Å². The Labute approximate surface area is 149 Å². The van der Waals surface area contributed by atoms with Gasteiger partial charge in [-0.25, -0.2) is 0 Å². The van der Waals surface area contributed by atoms with E-state index in [0.29, 0.717) is 13.0 Å². The Morgan fingerprint density at radius 2 is 1.88 bits per heavy atom. The molecule has 2 aromatic heterocycles. The second kappa shape index (κ2) is 9.28. The van der Waals surface area contributed by atoms with Gasteiger partial charge in [0.15, 0.2) is 0 Å². The smallest absolute Gasteiger partial charge is 0.220 e. The Hall–Kier alpha value is -2.27. The summed E-state index contributed by atoms with van der Waals surface area (Å²) in [7, 11) is 0. The van der Waals surface area contributed by atoms with Gasteiger partial charge in [0, 0.05) is 37.8 Å². The van der Waals surface area contributed by atoms with Gasteiger partial charge in [0.2, 0.25) is 5.91 Å². The first kappa shape index (κ1) is 17.5. The van der Waals surface area contributed by atoms with Gasteiger partial charge >= 0.3 is 0 Å². The molecule has 1 atom stereocenters. The molecule has 0 bridgehead atoms. The average molecular weight is 338 g/mol. The van der Waals surface area contributed by atoms with Crippen LogP contribution in [0.15, 0.2) is 49.1 Å². The third kappa shape index (κ3) is 5.36. The zero-order valence-corrected chi connectivity index (χ0v) is 14.6. The summed E-state index contributed by atoms with van der Waals surface area (Å²) in [5.74, 6) is 0.0997. The highest BCUT2D eigenvalue weighted by Gasteiger charge is 2.22. The number of aromatic nitrogens is 2. The number of pyridine rings is 2. The standard InChI is InChI=1S/C20H26N4O/c25-20(7-6-17-8-11-21-12-9-17)23-16-19(18-5-4-10-22-15-18)24-13-2-1-3-14-24/h4-5,8-12,15,19H,1-3,6-7,13-14,16H2,(H,23,25)/t19-/m1/s1. The monoisotopic (exact) mass is 338 g/mol. The first-order chi connectivity index (χ1) is 12.3. The SMILES string of the molecule is O=C(CCc1ccncc1)NC[C@H](c1cccnc1)N1CCCCC1. The molecule has 0 aliphatic carbocycles. The topological polar surface area (TPSA) is 58.1 Å². The molecule has 0 radical (unpaired) electrons. The van der Waals surface area contributed by atoms with E-state index in [0.717, 1.165) is 25.1 Å². The van der Waals surface area contributed by atoms with Gasteiger partial charge in [0.1, 0.15) is 0 Å². The molecule has 2 aromatic rings. The largest absolute Gasteiger partial charge is 0.354 e. The molecule has 132 valence electrons. The van der Waals surface area contributed by atoms with Crippen LogP contribution in [0.3, 0.4) is 0 Å². The number of piperidine rings is 1. The summed E-state index contributed by atoms with van der Waals surface area (Å²) in [5.41, 5.74) is 2.32. The van der Waals surface area contributed by atoms with Crippen LogP contribution in [0.4, 0.5) is 0 Å². The molecule has 1 aliphatic rings. The zero-order valence-electron chi connectivity index (χ0n) is 14.6. The highest BCUT2D eigenvalue weighted by molar-refractivity contribution is 5.76. The normalized spacial score (nSPS) is 16.3. The van der Waals surface area contributed by atoms with Gasteiger partial charge in [-0.3, -0.25) is 19.7 Å². The first-order valence-corrected chi connectivity index (χ1v) is 9.12. The van der Waals surface area contributed by atoms with Gasteiger partial charge in [-0.1, -0.05) is 12.5 Å². The fourth-order valence-electron chi connectivity index (χ4n) is 3.37. The lowest BCUT2D eigenvalue weighted by molar-refractivity contribution is -0.121. The molecule has 1 saturated heterocycles. The average Bonchev–Trinajstić information content (AvgIpc) is 2.69. The van der Waals surface area contributed by atoms with Gasteiger partial charge in [-0.05, 0) is 61.7 Å². The van der Waals surface area contributed by atoms with Gasteiger partial charge in [0.05, 0.1) is 6.04 Å². The van der Waals surface area contributed by atoms with Crippen molar-refractivity contribution in [3.63, 3.8) is 0 Å². The molecule has 3 heterocycles. The fourth-order valence-corrected chi connectivity index (χ4v) is 3.37. The van der Waals surface area contributed by atoms with Crippen LogP contribution in [0.5, 0.6) is 0 Å². The highest BCUT2D eigenvalue weighted by atomic mass is 16.1. The molecule has 1 N–H and O–H groups in total. The number of amides is 1. The van der Waals surface area contributed by atoms with Gasteiger partial charge < -0.3 is 5.32 Å². The van der Waals surface area contributed by atoms with E-state index >= 15 is 0 Å². The molecule has 5 nitrogen and oxygen atoms in total. The van der Waals surface area contributed by atoms with E-state index in [4.69, 9.17) is 0 Å². The van der Waals surface area contributed by atoms with Crippen molar-refractivity contribution in [1.82, 2.24) is 20.2 Å². The summed E-state index contributed by atoms with van der Waals surface area (Å²) in [4.78, 5) is 23.0. The van der Waals surface area contributed by atoms with Crippen molar-refractivity contribution in [2.45, 2.75) is 38.1 Å².